The number of hydrogen-bond donors (Lipinski definition) is 1. The standard InChI is InChI=1S/C12H13NO3.ClH/c1-15-8-2-3-12-10(6-8)11(14)7-9(16-12)4-5-13;/h2-3,6-7H,4-5,13H2,1H3;1H. The van der Waals surface area contributed by atoms with Crippen molar-refractivity contribution in [1.29, 1.82) is 0 Å². The third kappa shape index (κ3) is 2.78. The monoisotopic (exact) mass is 255 g/mol. The van der Waals surface area contributed by atoms with Crippen LogP contribution in [0.2, 0.25) is 0 Å². The summed E-state index contributed by atoms with van der Waals surface area (Å²) in [4.78, 5) is 11.8. The second-order valence-electron chi connectivity index (χ2n) is 3.48. The van der Waals surface area contributed by atoms with Crippen LogP contribution in [0.25, 0.3) is 11.0 Å². The average molecular weight is 256 g/mol. The van der Waals surface area contributed by atoms with Crippen LogP contribution in [0.5, 0.6) is 5.75 Å². The van der Waals surface area contributed by atoms with Crippen LogP contribution >= 0.6 is 12.4 Å². The molecule has 0 unspecified atom stereocenters. The Hall–Kier alpha value is -1.52. The molecular weight excluding hydrogens is 242 g/mol. The van der Waals surface area contributed by atoms with E-state index in [0.717, 1.165) is 0 Å². The quantitative estimate of drug-likeness (QED) is 0.907. The molecule has 0 atom stereocenters. The maximum absolute atomic E-state index is 11.8. The van der Waals surface area contributed by atoms with Crippen molar-refractivity contribution in [1.82, 2.24) is 0 Å². The topological polar surface area (TPSA) is 65.5 Å². The summed E-state index contributed by atoms with van der Waals surface area (Å²) in [5.74, 6) is 1.26. The van der Waals surface area contributed by atoms with Gasteiger partial charge in [0.2, 0.25) is 0 Å². The zero-order valence-corrected chi connectivity index (χ0v) is 10.3. The highest BCUT2D eigenvalue weighted by Crippen LogP contribution is 2.18. The summed E-state index contributed by atoms with van der Waals surface area (Å²) in [6.07, 6.45) is 0.567. The zero-order valence-electron chi connectivity index (χ0n) is 9.43. The lowest BCUT2D eigenvalue weighted by molar-refractivity contribution is 0.415. The second kappa shape index (κ2) is 5.70. The van der Waals surface area contributed by atoms with E-state index in [-0.39, 0.29) is 17.8 Å². The van der Waals surface area contributed by atoms with Crippen molar-refractivity contribution in [3.05, 3.63) is 40.2 Å². The van der Waals surface area contributed by atoms with Gasteiger partial charge in [-0.2, -0.15) is 0 Å². The van der Waals surface area contributed by atoms with Gasteiger partial charge in [0.15, 0.2) is 5.43 Å². The zero-order chi connectivity index (χ0) is 11.5. The summed E-state index contributed by atoms with van der Waals surface area (Å²) in [6.45, 7) is 0.463. The molecule has 92 valence electrons. The maximum atomic E-state index is 11.8. The predicted octanol–water partition coefficient (Wildman–Crippen LogP) is 1.72. The second-order valence-corrected chi connectivity index (χ2v) is 3.48. The van der Waals surface area contributed by atoms with Crippen LogP contribution in [0.15, 0.2) is 33.5 Å². The van der Waals surface area contributed by atoms with Crippen LogP contribution in [0.4, 0.5) is 0 Å². The highest BCUT2D eigenvalue weighted by molar-refractivity contribution is 5.85. The van der Waals surface area contributed by atoms with E-state index in [1.165, 1.54) is 6.07 Å². The normalized spacial score (nSPS) is 10.0. The summed E-state index contributed by atoms with van der Waals surface area (Å²) < 4.78 is 10.6. The first kappa shape index (κ1) is 13.5. The Labute approximate surface area is 105 Å². The fourth-order valence-corrected chi connectivity index (χ4v) is 1.58. The Kier molecular flexibility index (Phi) is 4.54. The van der Waals surface area contributed by atoms with E-state index in [0.29, 0.717) is 35.4 Å². The number of benzene rings is 1. The summed E-state index contributed by atoms with van der Waals surface area (Å²) >= 11 is 0. The van der Waals surface area contributed by atoms with Gasteiger partial charge in [-0.3, -0.25) is 4.79 Å². The maximum Gasteiger partial charge on any atom is 0.193 e. The molecule has 0 radical (unpaired) electrons. The van der Waals surface area contributed by atoms with E-state index in [4.69, 9.17) is 14.9 Å². The molecule has 1 aromatic heterocycles. The van der Waals surface area contributed by atoms with Gasteiger partial charge in [0.05, 0.1) is 12.5 Å². The molecule has 0 aliphatic carbocycles. The third-order valence-corrected chi connectivity index (χ3v) is 2.38. The van der Waals surface area contributed by atoms with E-state index >= 15 is 0 Å². The van der Waals surface area contributed by atoms with Crippen molar-refractivity contribution < 1.29 is 9.15 Å². The van der Waals surface area contributed by atoms with Crippen LogP contribution in [-0.2, 0) is 6.42 Å². The van der Waals surface area contributed by atoms with Gasteiger partial charge in [0.1, 0.15) is 17.1 Å². The minimum atomic E-state index is -0.0661. The Balaban J connectivity index is 0.00000144. The molecule has 1 aromatic carbocycles. The molecule has 0 spiro atoms. The van der Waals surface area contributed by atoms with Gasteiger partial charge < -0.3 is 14.9 Å². The fraction of sp³-hybridized carbons (Fsp3) is 0.250. The lowest BCUT2D eigenvalue weighted by Crippen LogP contribution is -2.07. The molecule has 17 heavy (non-hydrogen) atoms. The van der Waals surface area contributed by atoms with E-state index in [2.05, 4.69) is 0 Å². The average Bonchev–Trinajstić information content (AvgIpc) is 2.29. The van der Waals surface area contributed by atoms with Crippen LogP contribution < -0.4 is 15.9 Å². The molecule has 2 N–H and O–H groups in total. The lowest BCUT2D eigenvalue weighted by Gasteiger charge is -2.03. The molecule has 5 heteroatoms. The van der Waals surface area contributed by atoms with Crippen molar-refractivity contribution in [3.8, 4) is 5.75 Å². The van der Waals surface area contributed by atoms with Crippen molar-refractivity contribution in [3.63, 3.8) is 0 Å². The molecule has 0 fully saturated rings. The number of halogens is 1. The number of nitrogens with two attached hydrogens (primary N) is 1. The molecule has 0 amide bonds. The van der Waals surface area contributed by atoms with Gasteiger partial charge in [-0.25, -0.2) is 0 Å². The van der Waals surface area contributed by atoms with Crippen LogP contribution in [0.1, 0.15) is 5.76 Å². The third-order valence-electron chi connectivity index (χ3n) is 2.38. The van der Waals surface area contributed by atoms with Gasteiger partial charge in [0, 0.05) is 12.5 Å². The minimum absolute atomic E-state index is 0. The Morgan fingerprint density at radius 3 is 2.76 bits per heavy atom. The number of hydrogen-bond acceptors (Lipinski definition) is 4. The molecule has 1 heterocycles. The molecule has 0 saturated heterocycles. The molecular formula is C12H14ClNO3. The molecule has 0 saturated carbocycles. The van der Waals surface area contributed by atoms with Crippen molar-refractivity contribution in [2.45, 2.75) is 6.42 Å². The van der Waals surface area contributed by atoms with E-state index in [9.17, 15) is 4.79 Å². The molecule has 2 aromatic rings. The Morgan fingerprint density at radius 2 is 2.12 bits per heavy atom. The number of ether oxygens (including phenoxy) is 1. The Morgan fingerprint density at radius 1 is 1.35 bits per heavy atom. The van der Waals surface area contributed by atoms with Crippen molar-refractivity contribution >= 4 is 23.4 Å². The fourth-order valence-electron chi connectivity index (χ4n) is 1.58. The number of rotatable bonds is 3. The van der Waals surface area contributed by atoms with Crippen LogP contribution in [0.3, 0.4) is 0 Å². The van der Waals surface area contributed by atoms with E-state index in [1.807, 2.05) is 0 Å². The first-order chi connectivity index (χ1) is 7.74. The van der Waals surface area contributed by atoms with Gasteiger partial charge in [-0.15, -0.1) is 12.4 Å². The summed E-state index contributed by atoms with van der Waals surface area (Å²) in [5, 5.41) is 0.528. The number of fused-ring (bicyclic) bond motifs is 1. The van der Waals surface area contributed by atoms with Crippen molar-refractivity contribution in [2.24, 2.45) is 5.73 Å². The van der Waals surface area contributed by atoms with Crippen molar-refractivity contribution in [2.75, 3.05) is 13.7 Å². The smallest absolute Gasteiger partial charge is 0.193 e. The van der Waals surface area contributed by atoms with Gasteiger partial charge in [-0.1, -0.05) is 0 Å². The van der Waals surface area contributed by atoms with Gasteiger partial charge >= 0.3 is 0 Å². The van der Waals surface area contributed by atoms with Gasteiger partial charge in [-0.05, 0) is 24.7 Å². The lowest BCUT2D eigenvalue weighted by atomic mass is 10.2. The predicted molar refractivity (Wildman–Crippen MR) is 69.0 cm³/mol. The summed E-state index contributed by atoms with van der Waals surface area (Å²) in [6, 6.07) is 6.65. The largest absolute Gasteiger partial charge is 0.497 e. The molecule has 0 bridgehead atoms. The number of methoxy groups -OCH3 is 1. The molecule has 4 nitrogen and oxygen atoms in total. The molecule has 2 rings (SSSR count). The highest BCUT2D eigenvalue weighted by atomic mass is 35.5. The van der Waals surface area contributed by atoms with Crippen LogP contribution in [0, 0.1) is 0 Å². The molecule has 0 aliphatic heterocycles. The minimum Gasteiger partial charge on any atom is -0.497 e. The molecule has 0 aliphatic rings. The first-order valence-electron chi connectivity index (χ1n) is 5.05. The highest BCUT2D eigenvalue weighted by Gasteiger charge is 2.05. The summed E-state index contributed by atoms with van der Waals surface area (Å²) in [5.41, 5.74) is 5.92. The van der Waals surface area contributed by atoms with Gasteiger partial charge in [0.25, 0.3) is 0 Å². The Bertz CT molecular complexity index is 565. The summed E-state index contributed by atoms with van der Waals surface area (Å²) in [7, 11) is 1.56. The van der Waals surface area contributed by atoms with E-state index < -0.39 is 0 Å². The van der Waals surface area contributed by atoms with Crippen LogP contribution in [-0.4, -0.2) is 13.7 Å². The SMILES string of the molecule is COc1ccc2oc(CCN)cc(=O)c2c1.Cl. The van der Waals surface area contributed by atoms with E-state index in [1.54, 1.807) is 25.3 Å². The first-order valence-corrected chi connectivity index (χ1v) is 5.05.